The minimum Gasteiger partial charge on any atom is -0.316 e. The van der Waals surface area contributed by atoms with Gasteiger partial charge in [-0.05, 0) is 25.8 Å². The lowest BCUT2D eigenvalue weighted by molar-refractivity contribution is 0.854. The van der Waals surface area contributed by atoms with E-state index in [1.807, 2.05) is 0 Å². The zero-order valence-electron chi connectivity index (χ0n) is 7.01. The molecule has 1 N–H and O–H groups in total. The summed E-state index contributed by atoms with van der Waals surface area (Å²) in [5.74, 6) is 0. The Balaban J connectivity index is 1.71. The average Bonchev–Trinajstić information content (AvgIpc) is 2.60. The Kier molecular flexibility index (Phi) is 2.75. The van der Waals surface area contributed by atoms with E-state index in [2.05, 4.69) is 17.1 Å². The van der Waals surface area contributed by atoms with Crippen LogP contribution in [0.4, 0.5) is 0 Å². The molecule has 11 heavy (non-hydrogen) atoms. The maximum absolute atomic E-state index is 3.43. The van der Waals surface area contributed by atoms with Crippen LogP contribution in [-0.2, 0) is 0 Å². The molecular weight excluding hydrogens is 154 g/mol. The van der Waals surface area contributed by atoms with Crippen LogP contribution in [0.1, 0.15) is 32.1 Å². The summed E-state index contributed by atoms with van der Waals surface area (Å²) in [6.07, 6.45) is 7.35. The Hall–Kier alpha value is 0.310. The normalized spacial score (nSPS) is 33.3. The van der Waals surface area contributed by atoms with E-state index in [0.717, 1.165) is 10.5 Å². The van der Waals surface area contributed by atoms with E-state index < -0.39 is 0 Å². The zero-order chi connectivity index (χ0) is 7.52. The van der Waals surface area contributed by atoms with Crippen LogP contribution in [0, 0.1) is 0 Å². The first kappa shape index (κ1) is 7.93. The molecule has 1 unspecified atom stereocenters. The molecular formula is C9H17NS. The van der Waals surface area contributed by atoms with Gasteiger partial charge in [-0.3, -0.25) is 0 Å². The summed E-state index contributed by atoms with van der Waals surface area (Å²) in [5.41, 5.74) is 0. The summed E-state index contributed by atoms with van der Waals surface area (Å²) in [6.45, 7) is 2.52. The van der Waals surface area contributed by atoms with E-state index in [1.165, 1.54) is 45.2 Å². The highest BCUT2D eigenvalue weighted by Gasteiger charge is 2.22. The van der Waals surface area contributed by atoms with Gasteiger partial charge < -0.3 is 5.32 Å². The third kappa shape index (κ3) is 2.12. The van der Waals surface area contributed by atoms with Crippen molar-refractivity contribution < 1.29 is 0 Å². The average molecular weight is 171 g/mol. The third-order valence-electron chi connectivity index (χ3n) is 2.70. The van der Waals surface area contributed by atoms with Crippen molar-refractivity contribution in [3.05, 3.63) is 0 Å². The van der Waals surface area contributed by atoms with Gasteiger partial charge in [-0.25, -0.2) is 0 Å². The maximum atomic E-state index is 3.43. The molecule has 0 radical (unpaired) electrons. The van der Waals surface area contributed by atoms with Gasteiger partial charge in [0.1, 0.15) is 0 Å². The number of thioether (sulfide) groups is 1. The lowest BCUT2D eigenvalue weighted by Crippen LogP contribution is -2.12. The molecule has 0 spiro atoms. The molecule has 1 saturated carbocycles. The largest absolute Gasteiger partial charge is 0.316 e. The van der Waals surface area contributed by atoms with Crippen molar-refractivity contribution in [1.82, 2.24) is 5.32 Å². The van der Waals surface area contributed by atoms with Crippen LogP contribution in [0.2, 0.25) is 0 Å². The number of rotatable bonds is 2. The van der Waals surface area contributed by atoms with E-state index in [1.54, 1.807) is 0 Å². The van der Waals surface area contributed by atoms with Crippen molar-refractivity contribution >= 4 is 11.8 Å². The van der Waals surface area contributed by atoms with Crippen LogP contribution in [0.5, 0.6) is 0 Å². The van der Waals surface area contributed by atoms with Crippen molar-refractivity contribution in [2.24, 2.45) is 0 Å². The predicted molar refractivity (Wildman–Crippen MR) is 51.1 cm³/mol. The molecule has 1 aliphatic heterocycles. The smallest absolute Gasteiger partial charge is 0.0187 e. The highest BCUT2D eigenvalue weighted by molar-refractivity contribution is 8.00. The molecule has 1 aliphatic carbocycles. The van der Waals surface area contributed by atoms with Gasteiger partial charge in [-0.2, -0.15) is 11.8 Å². The first-order chi connectivity index (χ1) is 5.45. The van der Waals surface area contributed by atoms with E-state index in [9.17, 15) is 0 Å². The van der Waals surface area contributed by atoms with Gasteiger partial charge in [0, 0.05) is 17.0 Å². The van der Waals surface area contributed by atoms with E-state index in [-0.39, 0.29) is 0 Å². The van der Waals surface area contributed by atoms with Crippen molar-refractivity contribution in [1.29, 1.82) is 0 Å². The van der Waals surface area contributed by atoms with Gasteiger partial charge in [0.2, 0.25) is 0 Å². The van der Waals surface area contributed by atoms with Crippen molar-refractivity contribution in [2.75, 3.05) is 13.1 Å². The second-order valence-corrected chi connectivity index (χ2v) is 5.26. The molecule has 64 valence electrons. The van der Waals surface area contributed by atoms with E-state index in [4.69, 9.17) is 0 Å². The second kappa shape index (κ2) is 3.81. The number of hydrogen-bond acceptors (Lipinski definition) is 2. The fraction of sp³-hybridized carbons (Fsp3) is 1.00. The topological polar surface area (TPSA) is 12.0 Å². The van der Waals surface area contributed by atoms with Crippen molar-refractivity contribution in [3.8, 4) is 0 Å². The minimum atomic E-state index is 0.943. The highest BCUT2D eigenvalue weighted by Crippen LogP contribution is 2.33. The van der Waals surface area contributed by atoms with Crippen LogP contribution in [0.3, 0.4) is 0 Å². The van der Waals surface area contributed by atoms with Gasteiger partial charge in [-0.15, -0.1) is 0 Å². The van der Waals surface area contributed by atoms with Crippen LogP contribution >= 0.6 is 11.8 Å². The third-order valence-corrected chi connectivity index (χ3v) is 4.35. The Morgan fingerprint density at radius 3 is 2.45 bits per heavy atom. The van der Waals surface area contributed by atoms with Crippen LogP contribution < -0.4 is 5.32 Å². The molecule has 0 amide bonds. The molecule has 2 rings (SSSR count). The van der Waals surface area contributed by atoms with Crippen LogP contribution in [-0.4, -0.2) is 23.6 Å². The number of hydrogen-bond donors (Lipinski definition) is 1. The molecule has 1 atom stereocenters. The summed E-state index contributed by atoms with van der Waals surface area (Å²) in [5, 5.41) is 5.38. The Morgan fingerprint density at radius 2 is 1.82 bits per heavy atom. The van der Waals surface area contributed by atoms with Gasteiger partial charge in [0.25, 0.3) is 0 Å². The second-order valence-electron chi connectivity index (χ2n) is 3.66. The lowest BCUT2D eigenvalue weighted by atomic mass is 10.4. The fourth-order valence-electron chi connectivity index (χ4n) is 2.04. The Morgan fingerprint density at radius 1 is 1.00 bits per heavy atom. The first-order valence-electron chi connectivity index (χ1n) is 4.81. The first-order valence-corrected chi connectivity index (χ1v) is 5.75. The predicted octanol–water partition coefficient (Wildman–Crippen LogP) is 2.02. The van der Waals surface area contributed by atoms with E-state index >= 15 is 0 Å². The molecule has 1 nitrogen and oxygen atoms in total. The van der Waals surface area contributed by atoms with Crippen LogP contribution in [0.25, 0.3) is 0 Å². The van der Waals surface area contributed by atoms with Crippen molar-refractivity contribution in [2.45, 2.75) is 42.6 Å². The van der Waals surface area contributed by atoms with E-state index in [0.29, 0.717) is 0 Å². The van der Waals surface area contributed by atoms with Gasteiger partial charge in [0.05, 0.1) is 0 Å². The fourth-order valence-corrected chi connectivity index (χ4v) is 3.66. The summed E-state index contributed by atoms with van der Waals surface area (Å²) in [7, 11) is 0. The Labute approximate surface area is 73.3 Å². The van der Waals surface area contributed by atoms with Crippen molar-refractivity contribution in [3.63, 3.8) is 0 Å². The molecule has 2 aliphatic rings. The van der Waals surface area contributed by atoms with Gasteiger partial charge >= 0.3 is 0 Å². The highest BCUT2D eigenvalue weighted by atomic mass is 32.2. The Bertz CT molecular complexity index is 101. The SMILES string of the molecule is C1CCC(SC2CCNC2)C1. The zero-order valence-corrected chi connectivity index (χ0v) is 7.83. The molecule has 2 fully saturated rings. The molecule has 0 aromatic heterocycles. The lowest BCUT2D eigenvalue weighted by Gasteiger charge is -2.13. The molecule has 1 saturated heterocycles. The molecule has 0 aromatic rings. The molecule has 1 heterocycles. The summed E-state index contributed by atoms with van der Waals surface area (Å²) < 4.78 is 0. The van der Waals surface area contributed by atoms with Gasteiger partial charge in [-0.1, -0.05) is 12.8 Å². The number of nitrogens with one attached hydrogen (secondary N) is 1. The molecule has 2 heteroatoms. The quantitative estimate of drug-likeness (QED) is 0.682. The van der Waals surface area contributed by atoms with Gasteiger partial charge in [0.15, 0.2) is 0 Å². The summed E-state index contributed by atoms with van der Waals surface area (Å²) in [6, 6.07) is 0. The maximum Gasteiger partial charge on any atom is 0.0187 e. The monoisotopic (exact) mass is 171 g/mol. The molecule has 0 aromatic carbocycles. The van der Waals surface area contributed by atoms with Crippen LogP contribution in [0.15, 0.2) is 0 Å². The minimum absolute atomic E-state index is 0.943. The standard InChI is InChI=1S/C9H17NS/c1-2-4-8(3-1)11-9-5-6-10-7-9/h8-10H,1-7H2. The summed E-state index contributed by atoms with van der Waals surface area (Å²) in [4.78, 5) is 0. The summed E-state index contributed by atoms with van der Waals surface area (Å²) >= 11 is 2.25. The molecule has 0 bridgehead atoms.